The normalized spacial score (nSPS) is 25.3. The molecule has 3 atom stereocenters. The Morgan fingerprint density at radius 2 is 1.78 bits per heavy atom. The highest BCUT2D eigenvalue weighted by Crippen LogP contribution is 2.37. The number of ether oxygens (including phenoxy) is 1. The summed E-state index contributed by atoms with van der Waals surface area (Å²) in [6.45, 7) is 10.8. The maximum absolute atomic E-state index is 6.78. The predicted octanol–water partition coefficient (Wildman–Crippen LogP) is 5.87. The van der Waals surface area contributed by atoms with Gasteiger partial charge in [0.1, 0.15) is 0 Å². The highest BCUT2D eigenvalue weighted by Gasteiger charge is 2.37. The van der Waals surface area contributed by atoms with Crippen LogP contribution >= 0.6 is 0 Å². The molecule has 1 aromatic rings. The molecule has 1 heterocycles. The number of rotatable bonds is 8. The van der Waals surface area contributed by atoms with Crippen molar-refractivity contribution in [3.63, 3.8) is 0 Å². The molecule has 2 nitrogen and oxygen atoms in total. The van der Waals surface area contributed by atoms with Crippen molar-refractivity contribution in [1.29, 1.82) is 0 Å². The Hall–Kier alpha value is -0.903. The molecule has 128 valence electrons. The van der Waals surface area contributed by atoms with Crippen molar-refractivity contribution in [3.8, 4) is 0 Å². The van der Waals surface area contributed by atoms with E-state index in [1.807, 2.05) is 6.08 Å². The summed E-state index contributed by atoms with van der Waals surface area (Å²) in [5.74, 6) is 0. The lowest BCUT2D eigenvalue weighted by molar-refractivity contribution is -0.0917. The van der Waals surface area contributed by atoms with Crippen molar-refractivity contribution < 1.29 is 9.16 Å². The zero-order valence-electron chi connectivity index (χ0n) is 15.0. The summed E-state index contributed by atoms with van der Waals surface area (Å²) in [6.07, 6.45) is 5.56. The van der Waals surface area contributed by atoms with Crippen LogP contribution in [0, 0.1) is 0 Å². The van der Waals surface area contributed by atoms with Crippen LogP contribution in [0.15, 0.2) is 43.0 Å². The molecule has 0 saturated carbocycles. The van der Waals surface area contributed by atoms with E-state index in [1.54, 1.807) is 0 Å². The van der Waals surface area contributed by atoms with Crippen molar-refractivity contribution in [1.82, 2.24) is 0 Å². The SMILES string of the molecule is C=CC[C@H]1C[C@H](O[Si](CC)(CC)CC)C[C@@H](c2ccccc2)O1. The first kappa shape index (κ1) is 18.4. The fourth-order valence-electron chi connectivity index (χ4n) is 3.64. The summed E-state index contributed by atoms with van der Waals surface area (Å²) in [5.41, 5.74) is 1.27. The van der Waals surface area contributed by atoms with Crippen LogP contribution in [0.1, 0.15) is 51.7 Å². The Balaban J connectivity index is 2.13. The van der Waals surface area contributed by atoms with Crippen molar-refractivity contribution in [3.05, 3.63) is 48.6 Å². The van der Waals surface area contributed by atoms with E-state index >= 15 is 0 Å². The minimum absolute atomic E-state index is 0.150. The average molecular weight is 333 g/mol. The summed E-state index contributed by atoms with van der Waals surface area (Å²) in [6, 6.07) is 14.2. The molecule has 1 aliphatic rings. The summed E-state index contributed by atoms with van der Waals surface area (Å²) >= 11 is 0. The average Bonchev–Trinajstić information content (AvgIpc) is 2.61. The zero-order chi connectivity index (χ0) is 16.7. The molecule has 0 N–H and O–H groups in total. The highest BCUT2D eigenvalue weighted by molar-refractivity contribution is 6.73. The fraction of sp³-hybridized carbons (Fsp3) is 0.600. The number of benzene rings is 1. The smallest absolute Gasteiger partial charge is 0.192 e. The highest BCUT2D eigenvalue weighted by atomic mass is 28.4. The predicted molar refractivity (Wildman–Crippen MR) is 100 cm³/mol. The number of hydrogen-bond donors (Lipinski definition) is 0. The molecule has 0 aromatic heterocycles. The van der Waals surface area contributed by atoms with E-state index in [4.69, 9.17) is 9.16 Å². The molecule has 1 saturated heterocycles. The topological polar surface area (TPSA) is 18.5 Å². The van der Waals surface area contributed by atoms with Gasteiger partial charge in [-0.3, -0.25) is 0 Å². The Kier molecular flexibility index (Phi) is 7.06. The molecule has 3 heteroatoms. The molecule has 1 fully saturated rings. The molecule has 0 spiro atoms. The van der Waals surface area contributed by atoms with Gasteiger partial charge in [0.2, 0.25) is 0 Å². The molecule has 0 radical (unpaired) electrons. The van der Waals surface area contributed by atoms with Gasteiger partial charge in [-0.25, -0.2) is 0 Å². The van der Waals surface area contributed by atoms with E-state index in [-0.39, 0.29) is 12.2 Å². The monoisotopic (exact) mass is 332 g/mol. The second-order valence-electron chi connectivity index (χ2n) is 6.64. The summed E-state index contributed by atoms with van der Waals surface area (Å²) in [4.78, 5) is 0. The standard InChI is InChI=1S/C20H32O2Si/c1-5-12-18-15-19(22-23(6-2,7-3)8-4)16-20(21-18)17-13-10-9-11-14-17/h5,9-11,13-14,18-20H,1,6-8,12,15-16H2,2-4H3/t18-,19-,20-/m0/s1. The van der Waals surface area contributed by atoms with Crippen LogP contribution in [0.5, 0.6) is 0 Å². The third-order valence-electron chi connectivity index (χ3n) is 5.31. The molecule has 0 aliphatic carbocycles. The number of hydrogen-bond acceptors (Lipinski definition) is 2. The first-order valence-electron chi connectivity index (χ1n) is 9.15. The van der Waals surface area contributed by atoms with Gasteiger partial charge in [0.25, 0.3) is 0 Å². The Bertz CT molecular complexity index is 462. The quantitative estimate of drug-likeness (QED) is 0.437. The van der Waals surface area contributed by atoms with Gasteiger partial charge >= 0.3 is 0 Å². The van der Waals surface area contributed by atoms with Crippen molar-refractivity contribution in [2.45, 2.75) is 76.5 Å². The fourth-order valence-corrected chi connectivity index (χ4v) is 6.54. The Morgan fingerprint density at radius 3 is 2.35 bits per heavy atom. The van der Waals surface area contributed by atoms with Crippen LogP contribution in [0.2, 0.25) is 18.1 Å². The van der Waals surface area contributed by atoms with Gasteiger partial charge in [0.15, 0.2) is 8.32 Å². The summed E-state index contributed by atoms with van der Waals surface area (Å²) in [5, 5.41) is 0. The molecular formula is C20H32O2Si. The second-order valence-corrected chi connectivity index (χ2v) is 11.4. The lowest BCUT2D eigenvalue weighted by Crippen LogP contribution is -2.43. The first-order valence-corrected chi connectivity index (χ1v) is 11.7. The van der Waals surface area contributed by atoms with Crippen LogP contribution in [0.25, 0.3) is 0 Å². The maximum atomic E-state index is 6.78. The van der Waals surface area contributed by atoms with Gasteiger partial charge in [-0.05, 0) is 36.5 Å². The zero-order valence-corrected chi connectivity index (χ0v) is 16.0. The lowest BCUT2D eigenvalue weighted by Gasteiger charge is -2.40. The van der Waals surface area contributed by atoms with Crippen LogP contribution in [-0.2, 0) is 9.16 Å². The van der Waals surface area contributed by atoms with Gasteiger partial charge in [-0.2, -0.15) is 0 Å². The molecular weight excluding hydrogens is 300 g/mol. The molecule has 0 bridgehead atoms. The van der Waals surface area contributed by atoms with Gasteiger partial charge in [0, 0.05) is 6.42 Å². The molecule has 2 rings (SSSR count). The van der Waals surface area contributed by atoms with Crippen molar-refractivity contribution in [2.24, 2.45) is 0 Å². The second kappa shape index (κ2) is 8.81. The molecule has 0 amide bonds. The summed E-state index contributed by atoms with van der Waals surface area (Å²) < 4.78 is 13.1. The van der Waals surface area contributed by atoms with Crippen LogP contribution in [0.4, 0.5) is 0 Å². The van der Waals surface area contributed by atoms with E-state index in [9.17, 15) is 0 Å². The minimum atomic E-state index is -1.57. The van der Waals surface area contributed by atoms with E-state index in [1.165, 1.54) is 23.7 Å². The largest absolute Gasteiger partial charge is 0.414 e. The maximum Gasteiger partial charge on any atom is 0.192 e. The third kappa shape index (κ3) is 4.79. The van der Waals surface area contributed by atoms with Crippen molar-refractivity contribution >= 4 is 8.32 Å². The van der Waals surface area contributed by atoms with Gasteiger partial charge in [0.05, 0.1) is 18.3 Å². The van der Waals surface area contributed by atoms with Gasteiger partial charge in [-0.15, -0.1) is 6.58 Å². The van der Waals surface area contributed by atoms with E-state index in [2.05, 4.69) is 57.7 Å². The van der Waals surface area contributed by atoms with Crippen LogP contribution in [-0.4, -0.2) is 20.5 Å². The van der Waals surface area contributed by atoms with Crippen molar-refractivity contribution in [2.75, 3.05) is 0 Å². The Labute approximate surface area is 143 Å². The Morgan fingerprint density at radius 1 is 1.13 bits per heavy atom. The van der Waals surface area contributed by atoms with Crippen LogP contribution < -0.4 is 0 Å². The molecule has 0 unspecified atom stereocenters. The minimum Gasteiger partial charge on any atom is -0.414 e. The van der Waals surface area contributed by atoms with Gasteiger partial charge < -0.3 is 9.16 Å². The molecule has 23 heavy (non-hydrogen) atoms. The molecule has 1 aromatic carbocycles. The first-order chi connectivity index (χ1) is 11.2. The van der Waals surface area contributed by atoms with Gasteiger partial charge in [-0.1, -0.05) is 57.2 Å². The van der Waals surface area contributed by atoms with E-state index in [0.29, 0.717) is 6.10 Å². The molecule has 1 aliphatic heterocycles. The van der Waals surface area contributed by atoms with E-state index in [0.717, 1.165) is 19.3 Å². The summed E-state index contributed by atoms with van der Waals surface area (Å²) in [7, 11) is -1.57. The van der Waals surface area contributed by atoms with Crippen LogP contribution in [0.3, 0.4) is 0 Å². The lowest BCUT2D eigenvalue weighted by atomic mass is 9.95. The third-order valence-corrected chi connectivity index (χ3v) is 10.0. The van der Waals surface area contributed by atoms with E-state index < -0.39 is 8.32 Å².